The standard InChI is InChI=1S/C35H34N2O13/c1-11-6-13-21-26-23(32(43)30(13)36-14(9-38)34(44)45)17(42)8-19(49-4)24(26)25-18(48-3)7-16(41)22-28(25)27(21)29(20(11)12(2)40)33(50-5)31(22)37-15(10-39)35(46)47/h6-8,14-15,20-21,32,36-39,43H,9-10H2,1-5H3,(H,44,45)(H,46,47). The Morgan fingerprint density at radius 3 is 1.92 bits per heavy atom. The molecule has 7 N–H and O–H groups in total. The fourth-order valence-corrected chi connectivity index (χ4v) is 7.72. The number of benzene rings is 1. The average Bonchev–Trinajstić information content (AvgIpc) is 3.20. The van der Waals surface area contributed by atoms with Crippen molar-refractivity contribution in [2.45, 2.75) is 43.9 Å². The van der Waals surface area contributed by atoms with Crippen molar-refractivity contribution in [2.75, 3.05) is 39.9 Å². The summed E-state index contributed by atoms with van der Waals surface area (Å²) >= 11 is 0. The summed E-state index contributed by atoms with van der Waals surface area (Å²) in [5.74, 6) is -6.75. The van der Waals surface area contributed by atoms with Gasteiger partial charge in [-0.25, -0.2) is 9.59 Å². The van der Waals surface area contributed by atoms with E-state index in [1.165, 1.54) is 34.3 Å². The van der Waals surface area contributed by atoms with E-state index in [2.05, 4.69) is 10.6 Å². The lowest BCUT2D eigenvalue weighted by Crippen LogP contribution is -2.46. The predicted molar refractivity (Wildman–Crippen MR) is 173 cm³/mol. The number of hydrogen-bond donors (Lipinski definition) is 7. The highest BCUT2D eigenvalue weighted by Crippen LogP contribution is 2.63. The Labute approximate surface area is 284 Å². The zero-order chi connectivity index (χ0) is 36.5. The molecular formula is C35H34N2O13. The summed E-state index contributed by atoms with van der Waals surface area (Å²) in [6, 6.07) is -3.23. The largest absolute Gasteiger partial charge is 0.496 e. The van der Waals surface area contributed by atoms with Gasteiger partial charge >= 0.3 is 11.9 Å². The molecule has 0 amide bonds. The van der Waals surface area contributed by atoms with Crippen LogP contribution >= 0.6 is 0 Å². The summed E-state index contributed by atoms with van der Waals surface area (Å²) in [5, 5.41) is 57.1. The van der Waals surface area contributed by atoms with E-state index >= 15 is 0 Å². The van der Waals surface area contributed by atoms with Crippen LogP contribution in [0.5, 0.6) is 5.75 Å². The van der Waals surface area contributed by atoms with Gasteiger partial charge in [-0.05, 0) is 30.6 Å². The summed E-state index contributed by atoms with van der Waals surface area (Å²) in [6.45, 7) is 1.19. The molecule has 0 saturated carbocycles. The number of ether oxygens (including phenoxy) is 3. The fourth-order valence-electron chi connectivity index (χ4n) is 7.72. The number of allylic oxidation sites excluding steroid dienone is 7. The van der Waals surface area contributed by atoms with E-state index in [-0.39, 0.29) is 78.8 Å². The third-order valence-corrected chi connectivity index (χ3v) is 9.65. The van der Waals surface area contributed by atoms with Gasteiger partial charge in [0.1, 0.15) is 41.2 Å². The third kappa shape index (κ3) is 4.72. The van der Waals surface area contributed by atoms with Crippen molar-refractivity contribution in [1.82, 2.24) is 5.32 Å². The lowest BCUT2D eigenvalue weighted by molar-refractivity contribution is -0.140. The molecule has 6 rings (SSSR count). The number of ketones is 3. The summed E-state index contributed by atoms with van der Waals surface area (Å²) in [6.07, 6.45) is 2.16. The molecule has 0 fully saturated rings. The molecule has 1 aromatic carbocycles. The van der Waals surface area contributed by atoms with E-state index in [4.69, 9.17) is 14.2 Å². The molecule has 262 valence electrons. The Morgan fingerprint density at radius 1 is 0.800 bits per heavy atom. The molecule has 5 unspecified atom stereocenters. The van der Waals surface area contributed by atoms with Crippen molar-refractivity contribution >= 4 is 40.5 Å². The number of aliphatic carboxylic acids is 2. The van der Waals surface area contributed by atoms with E-state index in [0.717, 1.165) is 6.08 Å². The second kappa shape index (κ2) is 12.4. The van der Waals surface area contributed by atoms with Crippen LogP contribution in [-0.4, -0.2) is 108 Å². The molecule has 0 aliphatic heterocycles. The number of rotatable bonds is 12. The van der Waals surface area contributed by atoms with E-state index < -0.39 is 72.5 Å². The second-order valence-electron chi connectivity index (χ2n) is 12.3. The Hall–Kier alpha value is -5.51. The van der Waals surface area contributed by atoms with Gasteiger partial charge in [0.2, 0.25) is 0 Å². The van der Waals surface area contributed by atoms with Gasteiger partial charge in [0.15, 0.2) is 11.6 Å². The molecule has 15 nitrogen and oxygen atoms in total. The van der Waals surface area contributed by atoms with Crippen molar-refractivity contribution in [3.8, 4) is 5.75 Å². The highest BCUT2D eigenvalue weighted by atomic mass is 16.5. The van der Waals surface area contributed by atoms with Crippen LogP contribution in [0.2, 0.25) is 0 Å². The molecule has 5 atom stereocenters. The van der Waals surface area contributed by atoms with Crippen molar-refractivity contribution in [3.05, 3.63) is 85.6 Å². The number of carbonyl (C=O) groups excluding carboxylic acids is 3. The number of nitrogens with one attached hydrogen (secondary N) is 2. The predicted octanol–water partition coefficient (Wildman–Crippen LogP) is 0.836. The number of aliphatic hydroxyl groups excluding tert-OH is 3. The van der Waals surface area contributed by atoms with E-state index in [1.54, 1.807) is 13.0 Å². The molecule has 0 bridgehead atoms. The minimum absolute atomic E-state index is 0.0406. The monoisotopic (exact) mass is 690 g/mol. The van der Waals surface area contributed by atoms with Crippen molar-refractivity contribution in [1.29, 1.82) is 0 Å². The molecule has 0 aromatic heterocycles. The van der Waals surface area contributed by atoms with E-state index in [0.29, 0.717) is 5.57 Å². The zero-order valence-electron chi connectivity index (χ0n) is 27.5. The highest BCUT2D eigenvalue weighted by molar-refractivity contribution is 6.21. The maximum atomic E-state index is 14.2. The average molecular weight is 691 g/mol. The normalized spacial score (nSPS) is 22.8. The van der Waals surface area contributed by atoms with Gasteiger partial charge in [-0.15, -0.1) is 0 Å². The van der Waals surface area contributed by atoms with Crippen molar-refractivity contribution in [3.63, 3.8) is 0 Å². The molecular weight excluding hydrogens is 656 g/mol. The van der Waals surface area contributed by atoms with Crippen molar-refractivity contribution in [2.24, 2.45) is 0 Å². The molecule has 0 spiro atoms. The van der Waals surface area contributed by atoms with E-state index in [1.807, 2.05) is 0 Å². The second-order valence-corrected chi connectivity index (χ2v) is 12.3. The number of anilines is 1. The minimum Gasteiger partial charge on any atom is -0.496 e. The van der Waals surface area contributed by atoms with Crippen LogP contribution in [0.15, 0.2) is 63.3 Å². The maximum Gasteiger partial charge on any atom is 0.328 e. The van der Waals surface area contributed by atoms with Crippen LogP contribution < -0.4 is 15.4 Å². The lowest BCUT2D eigenvalue weighted by Gasteiger charge is -2.44. The van der Waals surface area contributed by atoms with Gasteiger partial charge in [0, 0.05) is 51.6 Å². The topological polar surface area (TPSA) is 238 Å². The molecule has 0 radical (unpaired) electrons. The van der Waals surface area contributed by atoms with Gasteiger partial charge < -0.3 is 50.4 Å². The first kappa shape index (κ1) is 34.4. The van der Waals surface area contributed by atoms with Gasteiger partial charge in [-0.2, -0.15) is 0 Å². The summed E-state index contributed by atoms with van der Waals surface area (Å²) in [7, 11) is 3.92. The van der Waals surface area contributed by atoms with Crippen LogP contribution in [0.25, 0.3) is 5.57 Å². The van der Waals surface area contributed by atoms with Crippen LogP contribution in [0.1, 0.15) is 52.7 Å². The molecule has 50 heavy (non-hydrogen) atoms. The summed E-state index contributed by atoms with van der Waals surface area (Å²) in [5.41, 5.74) is 1.60. The van der Waals surface area contributed by atoms with Gasteiger partial charge in [-0.1, -0.05) is 11.6 Å². The first-order chi connectivity index (χ1) is 23.8. The Bertz CT molecular complexity index is 2010. The lowest BCUT2D eigenvalue weighted by atomic mass is 9.61. The number of carboxylic acid groups (broad SMARTS) is 2. The maximum absolute atomic E-state index is 14.2. The van der Waals surface area contributed by atoms with E-state index in [9.17, 15) is 49.5 Å². The number of carboxylic acids is 2. The first-order valence-corrected chi connectivity index (χ1v) is 15.5. The highest BCUT2D eigenvalue weighted by Gasteiger charge is 2.53. The van der Waals surface area contributed by atoms with Gasteiger partial charge in [0.05, 0.1) is 51.7 Å². The van der Waals surface area contributed by atoms with Crippen LogP contribution in [0.4, 0.5) is 5.69 Å². The quantitative estimate of drug-likeness (QED) is 0.161. The molecule has 5 aliphatic carbocycles. The van der Waals surface area contributed by atoms with Crippen LogP contribution in [0, 0.1) is 0 Å². The number of methoxy groups -OCH3 is 3. The summed E-state index contributed by atoms with van der Waals surface area (Å²) in [4.78, 5) is 66.1. The van der Waals surface area contributed by atoms with Crippen molar-refractivity contribution < 1.29 is 63.7 Å². The number of hydrogen-bond acceptors (Lipinski definition) is 13. The molecule has 5 aliphatic rings. The number of Topliss-reactive ketones (excluding diaryl/α,β-unsaturated/α-hetero) is 1. The van der Waals surface area contributed by atoms with Gasteiger partial charge in [-0.3, -0.25) is 14.4 Å². The number of carbonyl (C=O) groups is 5. The Morgan fingerprint density at radius 2 is 1.38 bits per heavy atom. The SMILES string of the molecule is COC1=CC(=O)C2=C3C1=C1C(OC)=CC(=O)c4c(NC(CO)C(=O)O)c(OC)c5c(c41)C3C(=C(NC(CO)C(=O)O)C2O)C=C(C)C5C(C)=O. The Balaban J connectivity index is 1.90. The van der Waals surface area contributed by atoms with Crippen LogP contribution in [-0.2, 0) is 28.7 Å². The molecule has 15 heteroatoms. The molecule has 0 saturated heterocycles. The molecule has 0 heterocycles. The Kier molecular flexibility index (Phi) is 8.54. The third-order valence-electron chi connectivity index (χ3n) is 9.65. The summed E-state index contributed by atoms with van der Waals surface area (Å²) < 4.78 is 17.4. The fraction of sp³-hybridized carbons (Fsp3) is 0.343. The minimum atomic E-state index is -1.74. The number of aliphatic hydroxyl groups is 3. The molecule has 1 aromatic rings. The first-order valence-electron chi connectivity index (χ1n) is 15.5. The van der Waals surface area contributed by atoms with Gasteiger partial charge in [0.25, 0.3) is 0 Å². The smallest absolute Gasteiger partial charge is 0.328 e. The van der Waals surface area contributed by atoms with Crippen LogP contribution in [0.3, 0.4) is 0 Å². The zero-order valence-corrected chi connectivity index (χ0v) is 27.5.